The van der Waals surface area contributed by atoms with Gasteiger partial charge in [-0.2, -0.15) is 10.4 Å². The zero-order chi connectivity index (χ0) is 11.7. The molecule has 2 aromatic heterocycles. The third-order valence-electron chi connectivity index (χ3n) is 2.17. The van der Waals surface area contributed by atoms with E-state index in [1.165, 1.54) is 11.3 Å². The van der Waals surface area contributed by atoms with Gasteiger partial charge in [-0.3, -0.25) is 4.68 Å². The van der Waals surface area contributed by atoms with E-state index >= 15 is 0 Å². The Labute approximate surface area is 95.9 Å². The number of ether oxygens (including phenoxy) is 1. The lowest BCUT2D eigenvalue weighted by Gasteiger charge is -1.95. The first-order valence-corrected chi connectivity index (χ1v) is 5.42. The van der Waals surface area contributed by atoms with Gasteiger partial charge in [0.2, 0.25) is 0 Å². The molecule has 2 rings (SSSR count). The van der Waals surface area contributed by atoms with Crippen LogP contribution in [0.15, 0.2) is 6.07 Å². The van der Waals surface area contributed by atoms with Gasteiger partial charge in [0.25, 0.3) is 0 Å². The van der Waals surface area contributed by atoms with Crippen LogP contribution in [0.5, 0.6) is 0 Å². The van der Waals surface area contributed by atoms with Crippen LogP contribution in [-0.4, -0.2) is 22.4 Å². The number of carbonyl (C=O) groups excluding carboxylic acids is 1. The molecule has 0 aliphatic heterocycles. The van der Waals surface area contributed by atoms with Crippen LogP contribution in [0.3, 0.4) is 0 Å². The third kappa shape index (κ3) is 1.66. The fourth-order valence-electron chi connectivity index (χ4n) is 1.47. The molecule has 0 spiro atoms. The molecule has 82 valence electrons. The van der Waals surface area contributed by atoms with E-state index in [0.717, 1.165) is 15.9 Å². The van der Waals surface area contributed by atoms with Gasteiger partial charge in [-0.25, -0.2) is 4.79 Å². The molecule has 0 bridgehead atoms. The number of nitriles is 1. The van der Waals surface area contributed by atoms with Crippen LogP contribution in [0.25, 0.3) is 10.2 Å². The maximum absolute atomic E-state index is 11.5. The maximum atomic E-state index is 11.5. The summed E-state index contributed by atoms with van der Waals surface area (Å²) in [6.07, 6.45) is 0. The second-order valence-corrected chi connectivity index (χ2v) is 4.30. The molecule has 16 heavy (non-hydrogen) atoms. The molecule has 0 saturated heterocycles. The molecule has 0 aliphatic carbocycles. The summed E-state index contributed by atoms with van der Waals surface area (Å²) in [4.78, 5) is 12.9. The van der Waals surface area contributed by atoms with Gasteiger partial charge in [0.1, 0.15) is 15.8 Å². The number of hydrogen-bond donors (Lipinski definition) is 0. The minimum Gasteiger partial charge on any atom is -0.446 e. The first-order chi connectivity index (χ1) is 7.63. The average Bonchev–Trinajstić information content (AvgIpc) is 2.79. The zero-order valence-corrected chi connectivity index (χ0v) is 9.67. The van der Waals surface area contributed by atoms with Crippen LogP contribution in [0.4, 0.5) is 0 Å². The number of rotatable bonds is 2. The van der Waals surface area contributed by atoms with Crippen LogP contribution in [0.2, 0.25) is 0 Å². The summed E-state index contributed by atoms with van der Waals surface area (Å²) in [5, 5.41) is 13.5. The van der Waals surface area contributed by atoms with Crippen LogP contribution in [0.1, 0.15) is 15.4 Å². The molecule has 0 radical (unpaired) electrons. The van der Waals surface area contributed by atoms with Crippen molar-refractivity contribution in [2.75, 3.05) is 6.61 Å². The van der Waals surface area contributed by atoms with Crippen molar-refractivity contribution in [3.05, 3.63) is 16.6 Å². The molecule has 0 amide bonds. The van der Waals surface area contributed by atoms with Crippen molar-refractivity contribution in [1.29, 1.82) is 5.26 Å². The van der Waals surface area contributed by atoms with E-state index in [9.17, 15) is 4.79 Å². The van der Waals surface area contributed by atoms with Crippen molar-refractivity contribution in [2.24, 2.45) is 7.05 Å². The van der Waals surface area contributed by atoms with Gasteiger partial charge in [0, 0.05) is 12.4 Å². The number of carbonyl (C=O) groups is 1. The Balaban J connectivity index is 2.37. The lowest BCUT2D eigenvalue weighted by molar-refractivity contribution is 0.0561. The topological polar surface area (TPSA) is 67.9 Å². The minimum absolute atomic E-state index is 0.218. The largest absolute Gasteiger partial charge is 0.446 e. The second-order valence-electron chi connectivity index (χ2n) is 3.27. The highest BCUT2D eigenvalue weighted by molar-refractivity contribution is 7.20. The normalized spacial score (nSPS) is 10.3. The van der Waals surface area contributed by atoms with E-state index in [1.807, 2.05) is 14.0 Å². The summed E-state index contributed by atoms with van der Waals surface area (Å²) >= 11 is 1.32. The number of thiophene rings is 1. The lowest BCUT2D eigenvalue weighted by Crippen LogP contribution is -2.02. The van der Waals surface area contributed by atoms with Crippen molar-refractivity contribution < 1.29 is 9.53 Å². The van der Waals surface area contributed by atoms with E-state index < -0.39 is 5.97 Å². The van der Waals surface area contributed by atoms with Crippen molar-refractivity contribution in [3.8, 4) is 6.07 Å². The Morgan fingerprint density at radius 2 is 2.50 bits per heavy atom. The van der Waals surface area contributed by atoms with Crippen LogP contribution >= 0.6 is 11.3 Å². The predicted molar refractivity (Wildman–Crippen MR) is 59.2 cm³/mol. The van der Waals surface area contributed by atoms with Crippen molar-refractivity contribution in [2.45, 2.75) is 6.92 Å². The summed E-state index contributed by atoms with van der Waals surface area (Å²) in [6.45, 7) is 1.67. The molecular weight excluding hydrogens is 226 g/mol. The first kappa shape index (κ1) is 10.6. The predicted octanol–water partition coefficient (Wildman–Crippen LogP) is 1.62. The number of nitrogens with zero attached hydrogens (tertiary/aromatic N) is 3. The third-order valence-corrected chi connectivity index (χ3v) is 3.35. The van der Waals surface area contributed by atoms with E-state index in [4.69, 9.17) is 10.00 Å². The summed E-state index contributed by atoms with van der Waals surface area (Å²) < 4.78 is 6.47. The number of fused-ring (bicyclic) bond motifs is 1. The molecule has 0 aliphatic rings. The summed E-state index contributed by atoms with van der Waals surface area (Å²) in [5.41, 5.74) is 0.882. The molecule has 0 unspecified atom stereocenters. The smallest absolute Gasteiger partial charge is 0.349 e. The van der Waals surface area contributed by atoms with Crippen LogP contribution in [0, 0.1) is 18.3 Å². The van der Waals surface area contributed by atoms with Crippen LogP contribution < -0.4 is 0 Å². The Morgan fingerprint density at radius 3 is 3.12 bits per heavy atom. The number of esters is 1. The van der Waals surface area contributed by atoms with E-state index in [1.54, 1.807) is 16.8 Å². The Kier molecular flexibility index (Phi) is 2.62. The van der Waals surface area contributed by atoms with E-state index in [-0.39, 0.29) is 6.61 Å². The minimum atomic E-state index is -0.456. The standard InChI is InChI=1S/C10H9N3O2S/c1-6-7-5-8(10(14)15-4-3-11)16-9(7)13(2)12-6/h5H,4H2,1-2H3. The van der Waals surface area contributed by atoms with Gasteiger partial charge >= 0.3 is 5.97 Å². The summed E-state index contributed by atoms with van der Waals surface area (Å²) in [5.74, 6) is -0.456. The van der Waals surface area contributed by atoms with Crippen molar-refractivity contribution in [1.82, 2.24) is 9.78 Å². The molecule has 0 aromatic carbocycles. The maximum Gasteiger partial charge on any atom is 0.349 e. The Bertz CT molecular complexity index is 556. The SMILES string of the molecule is Cc1nn(C)c2sc(C(=O)OCC#N)cc12. The molecule has 5 nitrogen and oxygen atoms in total. The molecular formula is C10H9N3O2S. The highest BCUT2D eigenvalue weighted by Gasteiger charge is 2.15. The van der Waals surface area contributed by atoms with Gasteiger partial charge in [-0.15, -0.1) is 11.3 Å². The Hall–Kier alpha value is -1.87. The number of aryl methyl sites for hydroxylation is 2. The van der Waals surface area contributed by atoms with Crippen molar-refractivity contribution in [3.63, 3.8) is 0 Å². The number of hydrogen-bond acceptors (Lipinski definition) is 5. The fraction of sp³-hybridized carbons (Fsp3) is 0.300. The highest BCUT2D eigenvalue weighted by atomic mass is 32.1. The van der Waals surface area contributed by atoms with Gasteiger partial charge < -0.3 is 4.74 Å². The highest BCUT2D eigenvalue weighted by Crippen LogP contribution is 2.27. The van der Waals surface area contributed by atoms with Crippen molar-refractivity contribution >= 4 is 27.5 Å². The van der Waals surface area contributed by atoms with Gasteiger partial charge in [-0.05, 0) is 13.0 Å². The van der Waals surface area contributed by atoms with E-state index in [2.05, 4.69) is 5.10 Å². The summed E-state index contributed by atoms with van der Waals surface area (Å²) in [7, 11) is 1.83. The lowest BCUT2D eigenvalue weighted by atomic mass is 10.3. The molecule has 0 atom stereocenters. The van der Waals surface area contributed by atoms with Gasteiger partial charge in [0.15, 0.2) is 6.61 Å². The van der Waals surface area contributed by atoms with Gasteiger partial charge in [-0.1, -0.05) is 0 Å². The fourth-order valence-corrected chi connectivity index (χ4v) is 2.49. The monoisotopic (exact) mass is 235 g/mol. The van der Waals surface area contributed by atoms with Crippen LogP contribution in [-0.2, 0) is 11.8 Å². The average molecular weight is 235 g/mol. The molecule has 6 heteroatoms. The molecule has 2 heterocycles. The molecule has 2 aromatic rings. The molecule has 0 N–H and O–H groups in total. The van der Waals surface area contributed by atoms with Gasteiger partial charge in [0.05, 0.1) is 5.69 Å². The second kappa shape index (κ2) is 3.94. The quantitative estimate of drug-likeness (QED) is 0.742. The first-order valence-electron chi connectivity index (χ1n) is 4.60. The summed E-state index contributed by atoms with van der Waals surface area (Å²) in [6, 6.07) is 3.51. The Morgan fingerprint density at radius 1 is 1.75 bits per heavy atom. The number of aromatic nitrogens is 2. The molecule has 0 saturated carbocycles. The molecule has 0 fully saturated rings. The van der Waals surface area contributed by atoms with E-state index in [0.29, 0.717) is 4.88 Å². The zero-order valence-electron chi connectivity index (χ0n) is 8.85.